The maximum atomic E-state index is 2.95. The molecule has 1 atom stereocenters. The van der Waals surface area contributed by atoms with Gasteiger partial charge in [0.1, 0.15) is 0 Å². The minimum Gasteiger partial charge on any atom is -0.104 e. The van der Waals surface area contributed by atoms with Gasteiger partial charge in [0.05, 0.1) is 0 Å². The van der Waals surface area contributed by atoms with Crippen molar-refractivity contribution in [2.24, 2.45) is 0 Å². The highest BCUT2D eigenvalue weighted by molar-refractivity contribution is 7.28. The molecule has 120 valence electrons. The molecule has 0 saturated carbocycles. The Hall–Kier alpha value is -2.69. The van der Waals surface area contributed by atoms with Gasteiger partial charge in [0.25, 0.3) is 0 Å². The highest BCUT2D eigenvalue weighted by atomic mass is 31.0. The molecule has 0 spiro atoms. The van der Waals surface area contributed by atoms with E-state index in [1.165, 1.54) is 38.7 Å². The Labute approximate surface area is 151 Å². The Bertz CT molecular complexity index is 914. The molecule has 1 unspecified atom stereocenters. The molecule has 4 rings (SSSR count). The van der Waals surface area contributed by atoms with E-state index in [2.05, 4.69) is 112 Å². The van der Waals surface area contributed by atoms with Crippen LogP contribution in [0.3, 0.4) is 0 Å². The lowest BCUT2D eigenvalue weighted by atomic mass is 9.93. The minimum absolute atomic E-state index is 1.23. The molecular formula is C24H19P. The molecule has 0 saturated heterocycles. The van der Waals surface area contributed by atoms with E-state index in [4.69, 9.17) is 0 Å². The van der Waals surface area contributed by atoms with Gasteiger partial charge in [-0.2, -0.15) is 0 Å². The Kier molecular flexibility index (Phi) is 4.46. The fraction of sp³-hybridized carbons (Fsp3) is 0. The second-order valence-electron chi connectivity index (χ2n) is 6.08. The number of rotatable bonds is 3. The van der Waals surface area contributed by atoms with Gasteiger partial charge in [-0.1, -0.05) is 91.0 Å². The molecule has 0 bridgehead atoms. The van der Waals surface area contributed by atoms with Crippen LogP contribution in [0.1, 0.15) is 0 Å². The average Bonchev–Trinajstić information content (AvgIpc) is 2.70. The van der Waals surface area contributed by atoms with Crippen LogP contribution in [0.25, 0.3) is 33.4 Å². The van der Waals surface area contributed by atoms with Gasteiger partial charge in [-0.3, -0.25) is 0 Å². The smallest absolute Gasteiger partial charge is 0.00999 e. The fourth-order valence-corrected chi connectivity index (χ4v) is 3.66. The molecular weight excluding hydrogens is 319 g/mol. The van der Waals surface area contributed by atoms with E-state index in [9.17, 15) is 0 Å². The summed E-state index contributed by atoms with van der Waals surface area (Å²) in [7, 11) is 2.95. The second kappa shape index (κ2) is 7.05. The molecule has 4 aromatic rings. The monoisotopic (exact) mass is 338 g/mol. The lowest BCUT2D eigenvalue weighted by molar-refractivity contribution is 1.59. The zero-order valence-corrected chi connectivity index (χ0v) is 15.0. The summed E-state index contributed by atoms with van der Waals surface area (Å²) >= 11 is 0. The molecule has 1 heteroatoms. The largest absolute Gasteiger partial charge is 0.104 e. The number of hydrogen-bond acceptors (Lipinski definition) is 0. The summed E-state index contributed by atoms with van der Waals surface area (Å²) in [6, 6.07) is 36.4. The molecule has 4 aromatic carbocycles. The number of benzene rings is 4. The fourth-order valence-electron chi connectivity index (χ4n) is 3.16. The van der Waals surface area contributed by atoms with Gasteiger partial charge in [-0.15, -0.1) is 9.24 Å². The summed E-state index contributed by atoms with van der Waals surface area (Å²) in [5.41, 5.74) is 7.47. The first kappa shape index (κ1) is 15.8. The van der Waals surface area contributed by atoms with E-state index in [0.717, 1.165) is 0 Å². The lowest BCUT2D eigenvalue weighted by Gasteiger charge is -2.15. The Morgan fingerprint density at radius 2 is 0.760 bits per heavy atom. The molecule has 0 nitrogen and oxygen atoms in total. The van der Waals surface area contributed by atoms with Crippen molar-refractivity contribution in [3.63, 3.8) is 0 Å². The van der Waals surface area contributed by atoms with Crippen molar-refractivity contribution in [3.8, 4) is 33.4 Å². The van der Waals surface area contributed by atoms with Crippen molar-refractivity contribution in [2.45, 2.75) is 0 Å². The molecule has 0 fully saturated rings. The summed E-state index contributed by atoms with van der Waals surface area (Å²) in [5, 5.41) is 1.23. The van der Waals surface area contributed by atoms with Gasteiger partial charge in [-0.25, -0.2) is 0 Å². The van der Waals surface area contributed by atoms with Crippen molar-refractivity contribution in [1.29, 1.82) is 0 Å². The minimum atomic E-state index is 1.23. The molecule has 0 aliphatic heterocycles. The third kappa shape index (κ3) is 3.27. The van der Waals surface area contributed by atoms with E-state index in [-0.39, 0.29) is 0 Å². The molecule has 0 aliphatic carbocycles. The van der Waals surface area contributed by atoms with Crippen molar-refractivity contribution >= 4 is 14.5 Å². The van der Waals surface area contributed by atoms with E-state index >= 15 is 0 Å². The first-order chi connectivity index (χ1) is 12.3. The Balaban J connectivity index is 1.98. The van der Waals surface area contributed by atoms with Crippen LogP contribution in [0.4, 0.5) is 0 Å². The van der Waals surface area contributed by atoms with Gasteiger partial charge in [0, 0.05) is 0 Å². The third-order valence-electron chi connectivity index (χ3n) is 4.46. The average molecular weight is 338 g/mol. The van der Waals surface area contributed by atoms with E-state index in [0.29, 0.717) is 0 Å². The van der Waals surface area contributed by atoms with Gasteiger partial charge in [0.15, 0.2) is 0 Å². The summed E-state index contributed by atoms with van der Waals surface area (Å²) in [4.78, 5) is 0. The van der Waals surface area contributed by atoms with Crippen LogP contribution < -0.4 is 5.30 Å². The van der Waals surface area contributed by atoms with Crippen LogP contribution >= 0.6 is 9.24 Å². The summed E-state index contributed by atoms with van der Waals surface area (Å²) in [6.07, 6.45) is 0. The van der Waals surface area contributed by atoms with Gasteiger partial charge in [0.2, 0.25) is 0 Å². The molecule has 0 amide bonds. The quantitative estimate of drug-likeness (QED) is 0.391. The Morgan fingerprint density at radius 3 is 1.16 bits per heavy atom. The maximum absolute atomic E-state index is 2.95. The zero-order chi connectivity index (χ0) is 17.1. The van der Waals surface area contributed by atoms with E-state index in [1.807, 2.05) is 0 Å². The molecule has 25 heavy (non-hydrogen) atoms. The van der Waals surface area contributed by atoms with Gasteiger partial charge < -0.3 is 0 Å². The number of hydrogen-bond donors (Lipinski definition) is 0. The van der Waals surface area contributed by atoms with Crippen LogP contribution in [0.15, 0.2) is 103 Å². The van der Waals surface area contributed by atoms with Crippen LogP contribution in [-0.2, 0) is 0 Å². The van der Waals surface area contributed by atoms with Crippen molar-refractivity contribution in [3.05, 3.63) is 103 Å². The van der Waals surface area contributed by atoms with E-state index < -0.39 is 0 Å². The molecule has 0 aromatic heterocycles. The van der Waals surface area contributed by atoms with Gasteiger partial charge in [-0.05, 0) is 50.8 Å². The first-order valence-electron chi connectivity index (χ1n) is 8.43. The van der Waals surface area contributed by atoms with Crippen LogP contribution in [0, 0.1) is 0 Å². The summed E-state index contributed by atoms with van der Waals surface area (Å²) in [5.74, 6) is 0. The first-order valence-corrected chi connectivity index (χ1v) is 9.00. The molecule has 0 heterocycles. The highest BCUT2D eigenvalue weighted by Crippen LogP contribution is 2.32. The van der Waals surface area contributed by atoms with Crippen LogP contribution in [0.2, 0.25) is 0 Å². The Morgan fingerprint density at radius 1 is 0.400 bits per heavy atom. The predicted octanol–water partition coefficient (Wildman–Crippen LogP) is 6.19. The SMILES string of the molecule is Pc1c(-c2ccccc2)cc(-c2ccccc2)cc1-c1ccccc1. The molecule has 0 radical (unpaired) electrons. The topological polar surface area (TPSA) is 0 Å². The highest BCUT2D eigenvalue weighted by Gasteiger charge is 2.12. The predicted molar refractivity (Wildman–Crippen MR) is 112 cm³/mol. The normalized spacial score (nSPS) is 10.6. The van der Waals surface area contributed by atoms with E-state index in [1.54, 1.807) is 0 Å². The molecule has 0 aliphatic rings. The standard InChI is InChI=1S/C24H19P/c25-24-22(19-12-6-2-7-13-19)16-21(18-10-4-1-5-11-18)17-23(24)20-14-8-3-9-15-20/h1-17H,25H2. The molecule has 0 N–H and O–H groups in total. The third-order valence-corrected chi connectivity index (χ3v) is 5.08. The van der Waals surface area contributed by atoms with Crippen LogP contribution in [-0.4, -0.2) is 0 Å². The van der Waals surface area contributed by atoms with Crippen molar-refractivity contribution in [1.82, 2.24) is 0 Å². The second-order valence-corrected chi connectivity index (χ2v) is 6.66. The summed E-state index contributed by atoms with van der Waals surface area (Å²) < 4.78 is 0. The van der Waals surface area contributed by atoms with Crippen molar-refractivity contribution < 1.29 is 0 Å². The van der Waals surface area contributed by atoms with Gasteiger partial charge >= 0.3 is 0 Å². The van der Waals surface area contributed by atoms with Crippen molar-refractivity contribution in [2.75, 3.05) is 0 Å². The van der Waals surface area contributed by atoms with Crippen LogP contribution in [0.5, 0.6) is 0 Å². The zero-order valence-electron chi connectivity index (χ0n) is 13.9. The summed E-state index contributed by atoms with van der Waals surface area (Å²) in [6.45, 7) is 0. The maximum Gasteiger partial charge on any atom is -0.00999 e. The lowest BCUT2D eigenvalue weighted by Crippen LogP contribution is -2.03.